The van der Waals surface area contributed by atoms with Crippen molar-refractivity contribution in [1.29, 1.82) is 0 Å². The summed E-state index contributed by atoms with van der Waals surface area (Å²) in [5, 5.41) is 0. The van der Waals surface area contributed by atoms with Crippen molar-refractivity contribution in [3.05, 3.63) is 59.4 Å². The molecule has 0 aliphatic heterocycles. The Labute approximate surface area is 164 Å². The summed E-state index contributed by atoms with van der Waals surface area (Å²) >= 11 is 1.42. The Morgan fingerprint density at radius 1 is 1.19 bits per heavy atom. The number of carbonyl (C=O) groups is 2. The fraction of sp³-hybridized carbons (Fsp3) is 0.350. The van der Waals surface area contributed by atoms with E-state index in [0.29, 0.717) is 12.1 Å². The van der Waals surface area contributed by atoms with Crippen molar-refractivity contribution >= 4 is 23.9 Å². The van der Waals surface area contributed by atoms with Crippen LogP contribution in [0.4, 0.5) is 0 Å². The minimum Gasteiger partial charge on any atom is -0.468 e. The molecular weight excluding hydrogens is 364 g/mol. The molecule has 0 amide bonds. The first-order valence-electron chi connectivity index (χ1n) is 8.60. The maximum Gasteiger partial charge on any atom is 0.357 e. The second kappa shape index (κ2) is 10.1. The second-order valence-corrected chi connectivity index (χ2v) is 7.41. The first kappa shape index (κ1) is 20.9. The van der Waals surface area contributed by atoms with Crippen LogP contribution in [-0.4, -0.2) is 41.0 Å². The van der Waals surface area contributed by atoms with Crippen LogP contribution in [0.2, 0.25) is 0 Å². The van der Waals surface area contributed by atoms with Gasteiger partial charge in [0.25, 0.3) is 0 Å². The Morgan fingerprint density at radius 2 is 1.89 bits per heavy atom. The van der Waals surface area contributed by atoms with E-state index in [1.54, 1.807) is 26.1 Å². The van der Waals surface area contributed by atoms with Crippen LogP contribution in [0.3, 0.4) is 0 Å². The molecule has 0 atom stereocenters. The zero-order valence-electron chi connectivity index (χ0n) is 16.0. The van der Waals surface area contributed by atoms with Gasteiger partial charge in [-0.15, -0.1) is 0 Å². The van der Waals surface area contributed by atoms with Gasteiger partial charge in [-0.25, -0.2) is 14.1 Å². The summed E-state index contributed by atoms with van der Waals surface area (Å²) in [6.07, 6.45) is 1.32. The number of esters is 2. The average molecular weight is 388 g/mol. The van der Waals surface area contributed by atoms with E-state index in [0.717, 1.165) is 10.5 Å². The quantitative estimate of drug-likeness (QED) is 0.505. The molecule has 0 aliphatic carbocycles. The molecule has 144 valence electrons. The Bertz CT molecular complexity index is 778. The second-order valence-electron chi connectivity index (χ2n) is 6.24. The van der Waals surface area contributed by atoms with Gasteiger partial charge in [0.1, 0.15) is 6.54 Å². The van der Waals surface area contributed by atoms with Crippen molar-refractivity contribution in [3.63, 3.8) is 0 Å². The smallest absolute Gasteiger partial charge is 0.357 e. The number of methoxy groups -OCH3 is 1. The van der Waals surface area contributed by atoms with Crippen LogP contribution in [0.1, 0.15) is 35.5 Å². The van der Waals surface area contributed by atoms with Crippen LogP contribution < -0.4 is 0 Å². The Hall–Kier alpha value is -2.38. The van der Waals surface area contributed by atoms with Crippen LogP contribution >= 0.6 is 11.9 Å². The number of nitrogens with zero attached hydrogens (tertiary/aromatic N) is 2. The zero-order chi connectivity index (χ0) is 19.8. The summed E-state index contributed by atoms with van der Waals surface area (Å²) in [5.74, 6) is -0.830. The third-order valence-corrected chi connectivity index (χ3v) is 4.56. The number of benzene rings is 1. The lowest BCUT2D eigenvalue weighted by Gasteiger charge is -2.21. The molecule has 0 N–H and O–H groups in total. The standard InChI is InChI=1S/C20H24N2O4S/c1-14(2)26-20(24)19-16(6-5-11-21-19)12-22(13-18(23)25-4)27-17-9-7-15(3)8-10-17/h5-11,14H,12-13H2,1-4H3. The van der Waals surface area contributed by atoms with Gasteiger partial charge in [0.05, 0.1) is 13.2 Å². The van der Waals surface area contributed by atoms with E-state index >= 15 is 0 Å². The molecule has 1 aromatic carbocycles. The van der Waals surface area contributed by atoms with Crippen molar-refractivity contribution in [3.8, 4) is 0 Å². The van der Waals surface area contributed by atoms with Crippen molar-refractivity contribution in [2.75, 3.05) is 13.7 Å². The summed E-state index contributed by atoms with van der Waals surface area (Å²) in [6.45, 7) is 6.00. The third kappa shape index (κ3) is 6.69. The molecule has 0 spiro atoms. The van der Waals surface area contributed by atoms with Crippen LogP contribution in [0.5, 0.6) is 0 Å². The van der Waals surface area contributed by atoms with Gasteiger partial charge in [-0.2, -0.15) is 0 Å². The predicted octanol–water partition coefficient (Wildman–Crippen LogP) is 3.64. The van der Waals surface area contributed by atoms with E-state index < -0.39 is 5.97 Å². The predicted molar refractivity (Wildman–Crippen MR) is 104 cm³/mol. The monoisotopic (exact) mass is 388 g/mol. The number of hydrogen-bond acceptors (Lipinski definition) is 7. The molecule has 2 aromatic rings. The summed E-state index contributed by atoms with van der Waals surface area (Å²) < 4.78 is 11.9. The van der Waals surface area contributed by atoms with Crippen LogP contribution in [0.25, 0.3) is 0 Å². The highest BCUT2D eigenvalue weighted by atomic mass is 32.2. The van der Waals surface area contributed by atoms with Crippen molar-refractivity contribution in [2.24, 2.45) is 0 Å². The normalized spacial score (nSPS) is 10.9. The number of rotatable bonds is 8. The van der Waals surface area contributed by atoms with Gasteiger partial charge in [-0.05, 0) is 50.9 Å². The fourth-order valence-electron chi connectivity index (χ4n) is 2.29. The van der Waals surface area contributed by atoms with Gasteiger partial charge >= 0.3 is 11.9 Å². The summed E-state index contributed by atoms with van der Waals surface area (Å²) in [5.41, 5.74) is 2.10. The summed E-state index contributed by atoms with van der Waals surface area (Å²) in [4.78, 5) is 29.3. The third-order valence-electron chi connectivity index (χ3n) is 3.56. The average Bonchev–Trinajstić information content (AvgIpc) is 2.63. The van der Waals surface area contributed by atoms with Gasteiger partial charge in [0.15, 0.2) is 5.69 Å². The maximum absolute atomic E-state index is 12.3. The molecule has 0 saturated heterocycles. The molecule has 1 heterocycles. The molecule has 0 aliphatic rings. The largest absolute Gasteiger partial charge is 0.468 e. The molecule has 0 fully saturated rings. The molecule has 27 heavy (non-hydrogen) atoms. The van der Waals surface area contributed by atoms with E-state index in [1.165, 1.54) is 19.1 Å². The highest BCUT2D eigenvalue weighted by molar-refractivity contribution is 7.97. The molecule has 7 heteroatoms. The lowest BCUT2D eigenvalue weighted by Crippen LogP contribution is -2.26. The molecule has 0 unspecified atom stereocenters. The summed E-state index contributed by atoms with van der Waals surface area (Å²) in [7, 11) is 1.35. The number of aryl methyl sites for hydroxylation is 1. The highest BCUT2D eigenvalue weighted by Crippen LogP contribution is 2.25. The number of aromatic nitrogens is 1. The van der Waals surface area contributed by atoms with Crippen LogP contribution in [0.15, 0.2) is 47.5 Å². The highest BCUT2D eigenvalue weighted by Gasteiger charge is 2.20. The van der Waals surface area contributed by atoms with Crippen LogP contribution in [-0.2, 0) is 20.8 Å². The van der Waals surface area contributed by atoms with Crippen LogP contribution in [0, 0.1) is 6.92 Å². The molecule has 6 nitrogen and oxygen atoms in total. The van der Waals surface area contributed by atoms with E-state index in [2.05, 4.69) is 4.98 Å². The topological polar surface area (TPSA) is 68.7 Å². The van der Waals surface area contributed by atoms with E-state index in [9.17, 15) is 9.59 Å². The molecular formula is C20H24N2O4S. The first-order valence-corrected chi connectivity index (χ1v) is 9.37. The van der Waals surface area contributed by atoms with Gasteiger partial charge in [-0.3, -0.25) is 4.79 Å². The Kier molecular flexibility index (Phi) is 7.82. The van der Waals surface area contributed by atoms with Gasteiger partial charge < -0.3 is 9.47 Å². The van der Waals surface area contributed by atoms with E-state index in [4.69, 9.17) is 9.47 Å². The van der Waals surface area contributed by atoms with Gasteiger partial charge in [0.2, 0.25) is 0 Å². The van der Waals surface area contributed by atoms with Gasteiger partial charge in [0, 0.05) is 23.2 Å². The van der Waals surface area contributed by atoms with E-state index in [1.807, 2.05) is 41.6 Å². The minimum absolute atomic E-state index is 0.0720. The van der Waals surface area contributed by atoms with Crippen molar-refractivity contribution in [1.82, 2.24) is 9.29 Å². The molecule has 1 aromatic heterocycles. The van der Waals surface area contributed by atoms with Crippen molar-refractivity contribution < 1.29 is 19.1 Å². The first-order chi connectivity index (χ1) is 12.9. The Balaban J connectivity index is 2.22. The SMILES string of the molecule is COC(=O)CN(Cc1cccnc1C(=O)OC(C)C)Sc1ccc(C)cc1. The lowest BCUT2D eigenvalue weighted by molar-refractivity contribution is -0.140. The molecule has 2 rings (SSSR count). The number of pyridine rings is 1. The minimum atomic E-state index is -0.473. The van der Waals surface area contributed by atoms with Gasteiger partial charge in [-0.1, -0.05) is 23.8 Å². The van der Waals surface area contributed by atoms with Crippen molar-refractivity contribution in [2.45, 2.75) is 38.3 Å². The lowest BCUT2D eigenvalue weighted by atomic mass is 10.2. The zero-order valence-corrected chi connectivity index (χ0v) is 16.8. The molecule has 0 radical (unpaired) electrons. The number of hydrogen-bond donors (Lipinski definition) is 0. The number of carbonyl (C=O) groups excluding carboxylic acids is 2. The molecule has 0 bridgehead atoms. The maximum atomic E-state index is 12.3. The Morgan fingerprint density at radius 3 is 2.52 bits per heavy atom. The number of ether oxygens (including phenoxy) is 2. The summed E-state index contributed by atoms with van der Waals surface area (Å²) in [6, 6.07) is 11.6. The fourth-order valence-corrected chi connectivity index (χ4v) is 3.22. The molecule has 0 saturated carbocycles. The van der Waals surface area contributed by atoms with E-state index in [-0.39, 0.29) is 24.3 Å².